The lowest BCUT2D eigenvalue weighted by Gasteiger charge is -2.25. The van der Waals surface area contributed by atoms with Crippen molar-refractivity contribution in [3.8, 4) is 5.75 Å². The molecule has 23 heavy (non-hydrogen) atoms. The SMILES string of the molecule is CCN(c1cccc(C)c1C)S(=O)(=O)c1ccc(OC)c(F)c1. The Bertz CT molecular complexity index is 819. The molecule has 0 atom stereocenters. The summed E-state index contributed by atoms with van der Waals surface area (Å²) in [5, 5.41) is 0. The summed E-state index contributed by atoms with van der Waals surface area (Å²) in [6.45, 7) is 5.79. The molecular weight excluding hydrogens is 317 g/mol. The Hall–Kier alpha value is -2.08. The van der Waals surface area contributed by atoms with Crippen molar-refractivity contribution in [2.45, 2.75) is 25.7 Å². The van der Waals surface area contributed by atoms with E-state index < -0.39 is 15.8 Å². The smallest absolute Gasteiger partial charge is 0.264 e. The molecule has 6 heteroatoms. The second kappa shape index (κ2) is 6.58. The van der Waals surface area contributed by atoms with Crippen LogP contribution in [0.1, 0.15) is 18.1 Å². The Morgan fingerprint density at radius 2 is 1.87 bits per heavy atom. The molecule has 0 aliphatic carbocycles. The zero-order valence-electron chi connectivity index (χ0n) is 13.6. The van der Waals surface area contributed by atoms with Crippen LogP contribution in [-0.4, -0.2) is 22.1 Å². The van der Waals surface area contributed by atoms with E-state index in [0.29, 0.717) is 5.69 Å². The predicted octanol–water partition coefficient (Wildman–Crippen LogP) is 3.67. The highest BCUT2D eigenvalue weighted by molar-refractivity contribution is 7.92. The van der Waals surface area contributed by atoms with Crippen molar-refractivity contribution in [3.05, 3.63) is 53.3 Å². The highest BCUT2D eigenvalue weighted by Crippen LogP contribution is 2.29. The van der Waals surface area contributed by atoms with E-state index in [1.54, 1.807) is 13.0 Å². The van der Waals surface area contributed by atoms with Gasteiger partial charge in [-0.2, -0.15) is 0 Å². The first-order valence-electron chi connectivity index (χ1n) is 7.25. The van der Waals surface area contributed by atoms with Gasteiger partial charge in [-0.25, -0.2) is 12.8 Å². The number of anilines is 1. The van der Waals surface area contributed by atoms with Gasteiger partial charge in [0.1, 0.15) is 0 Å². The van der Waals surface area contributed by atoms with Crippen molar-refractivity contribution < 1.29 is 17.5 Å². The maximum absolute atomic E-state index is 13.9. The summed E-state index contributed by atoms with van der Waals surface area (Å²) < 4.78 is 45.8. The molecule has 2 aromatic rings. The van der Waals surface area contributed by atoms with Crippen LogP contribution in [0.5, 0.6) is 5.75 Å². The second-order valence-corrected chi connectivity index (χ2v) is 7.05. The van der Waals surface area contributed by atoms with Crippen LogP contribution in [0.25, 0.3) is 0 Å². The van der Waals surface area contributed by atoms with Gasteiger partial charge < -0.3 is 4.74 Å². The Morgan fingerprint density at radius 3 is 2.43 bits per heavy atom. The Balaban J connectivity index is 2.56. The average Bonchev–Trinajstić information content (AvgIpc) is 2.51. The number of halogens is 1. The lowest BCUT2D eigenvalue weighted by molar-refractivity contribution is 0.385. The van der Waals surface area contributed by atoms with Gasteiger partial charge in [-0.3, -0.25) is 4.31 Å². The van der Waals surface area contributed by atoms with E-state index in [9.17, 15) is 12.8 Å². The lowest BCUT2D eigenvalue weighted by Crippen LogP contribution is -2.31. The molecule has 0 unspecified atom stereocenters. The van der Waals surface area contributed by atoms with Crippen molar-refractivity contribution in [2.24, 2.45) is 0 Å². The minimum absolute atomic E-state index is 0.0127. The molecular formula is C17H20FNO3S. The van der Waals surface area contributed by atoms with E-state index in [2.05, 4.69) is 0 Å². The van der Waals surface area contributed by atoms with Crippen LogP contribution in [0.3, 0.4) is 0 Å². The molecule has 0 aliphatic heterocycles. The first kappa shape index (κ1) is 17.3. The van der Waals surface area contributed by atoms with E-state index in [0.717, 1.165) is 17.2 Å². The fourth-order valence-corrected chi connectivity index (χ4v) is 3.95. The Labute approximate surface area is 136 Å². The van der Waals surface area contributed by atoms with Crippen LogP contribution in [0.2, 0.25) is 0 Å². The van der Waals surface area contributed by atoms with Gasteiger partial charge in [0.25, 0.3) is 10.0 Å². The molecule has 2 rings (SSSR count). The molecule has 124 valence electrons. The number of sulfonamides is 1. The van der Waals surface area contributed by atoms with E-state index in [1.165, 1.54) is 23.5 Å². The van der Waals surface area contributed by atoms with Crippen LogP contribution in [-0.2, 0) is 10.0 Å². The van der Waals surface area contributed by atoms with Gasteiger partial charge in [-0.1, -0.05) is 12.1 Å². The molecule has 0 spiro atoms. The minimum atomic E-state index is -3.85. The lowest BCUT2D eigenvalue weighted by atomic mass is 10.1. The van der Waals surface area contributed by atoms with Crippen LogP contribution in [0.4, 0.5) is 10.1 Å². The number of hydrogen-bond acceptors (Lipinski definition) is 3. The number of hydrogen-bond donors (Lipinski definition) is 0. The van der Waals surface area contributed by atoms with Crippen molar-refractivity contribution in [3.63, 3.8) is 0 Å². The molecule has 0 fully saturated rings. The summed E-state index contributed by atoms with van der Waals surface area (Å²) in [7, 11) is -2.52. The Kier molecular flexibility index (Phi) is 4.94. The van der Waals surface area contributed by atoms with Crippen molar-refractivity contribution >= 4 is 15.7 Å². The second-order valence-electron chi connectivity index (χ2n) is 5.19. The molecule has 0 heterocycles. The third kappa shape index (κ3) is 3.17. The van der Waals surface area contributed by atoms with Crippen molar-refractivity contribution in [2.75, 3.05) is 18.0 Å². The highest BCUT2D eigenvalue weighted by Gasteiger charge is 2.26. The first-order chi connectivity index (χ1) is 10.8. The number of aryl methyl sites for hydroxylation is 1. The number of ether oxygens (including phenoxy) is 1. The molecule has 2 aromatic carbocycles. The molecule has 0 aliphatic rings. The number of nitrogens with zero attached hydrogens (tertiary/aromatic N) is 1. The zero-order valence-corrected chi connectivity index (χ0v) is 14.4. The number of rotatable bonds is 5. The van der Waals surface area contributed by atoms with E-state index in [4.69, 9.17) is 4.74 Å². The molecule has 0 amide bonds. The molecule has 0 radical (unpaired) electrons. The monoisotopic (exact) mass is 337 g/mol. The third-order valence-corrected chi connectivity index (χ3v) is 5.73. The van der Waals surface area contributed by atoms with E-state index >= 15 is 0 Å². The fraction of sp³-hybridized carbons (Fsp3) is 0.294. The summed E-state index contributed by atoms with van der Waals surface area (Å²) >= 11 is 0. The first-order valence-corrected chi connectivity index (χ1v) is 8.69. The summed E-state index contributed by atoms with van der Waals surface area (Å²) in [6, 6.07) is 9.15. The predicted molar refractivity (Wildman–Crippen MR) is 89.1 cm³/mol. The zero-order chi connectivity index (χ0) is 17.2. The van der Waals surface area contributed by atoms with Gasteiger partial charge in [0.05, 0.1) is 17.7 Å². The maximum Gasteiger partial charge on any atom is 0.264 e. The molecule has 4 nitrogen and oxygen atoms in total. The topological polar surface area (TPSA) is 46.6 Å². The normalized spacial score (nSPS) is 11.3. The van der Waals surface area contributed by atoms with Gasteiger partial charge in [-0.05, 0) is 56.2 Å². The molecule has 0 saturated carbocycles. The average molecular weight is 337 g/mol. The minimum Gasteiger partial charge on any atom is -0.494 e. The highest BCUT2D eigenvalue weighted by atomic mass is 32.2. The van der Waals surface area contributed by atoms with Gasteiger partial charge >= 0.3 is 0 Å². The van der Waals surface area contributed by atoms with Gasteiger partial charge in [0.15, 0.2) is 11.6 Å². The van der Waals surface area contributed by atoms with Gasteiger partial charge in [-0.15, -0.1) is 0 Å². The number of methoxy groups -OCH3 is 1. The summed E-state index contributed by atoms with van der Waals surface area (Å²) in [6.07, 6.45) is 0. The van der Waals surface area contributed by atoms with Crippen LogP contribution >= 0.6 is 0 Å². The largest absolute Gasteiger partial charge is 0.494 e. The molecule has 0 saturated heterocycles. The summed E-state index contributed by atoms with van der Waals surface area (Å²) in [5.74, 6) is -0.690. The fourth-order valence-electron chi connectivity index (χ4n) is 2.41. The quantitative estimate of drug-likeness (QED) is 0.836. The molecule has 0 aromatic heterocycles. The summed E-state index contributed by atoms with van der Waals surface area (Å²) in [4.78, 5) is -0.0986. The maximum atomic E-state index is 13.9. The van der Waals surface area contributed by atoms with Crippen molar-refractivity contribution in [1.29, 1.82) is 0 Å². The Morgan fingerprint density at radius 1 is 1.17 bits per heavy atom. The van der Waals surface area contributed by atoms with E-state index in [-0.39, 0.29) is 17.2 Å². The van der Waals surface area contributed by atoms with Crippen LogP contribution in [0.15, 0.2) is 41.3 Å². The van der Waals surface area contributed by atoms with Crippen LogP contribution in [0, 0.1) is 19.7 Å². The van der Waals surface area contributed by atoms with E-state index in [1.807, 2.05) is 26.0 Å². The third-order valence-electron chi connectivity index (χ3n) is 3.84. The molecule has 0 bridgehead atoms. The van der Waals surface area contributed by atoms with Crippen molar-refractivity contribution in [1.82, 2.24) is 0 Å². The van der Waals surface area contributed by atoms with Crippen LogP contribution < -0.4 is 9.04 Å². The van der Waals surface area contributed by atoms with Gasteiger partial charge in [0, 0.05) is 6.54 Å². The number of benzene rings is 2. The molecule has 0 N–H and O–H groups in total. The summed E-state index contributed by atoms with van der Waals surface area (Å²) in [5.41, 5.74) is 2.48. The van der Waals surface area contributed by atoms with Gasteiger partial charge in [0.2, 0.25) is 0 Å². The standard InChI is InChI=1S/C17H20FNO3S/c1-5-19(16-8-6-7-12(2)13(16)3)23(20,21)14-9-10-17(22-4)15(18)11-14/h6-11H,5H2,1-4H3.